The van der Waals surface area contributed by atoms with Crippen LogP contribution < -0.4 is 10.5 Å². The van der Waals surface area contributed by atoms with Crippen LogP contribution in [0.3, 0.4) is 0 Å². The third kappa shape index (κ3) is 3.87. The van der Waals surface area contributed by atoms with Crippen molar-refractivity contribution in [3.05, 3.63) is 58.7 Å². The fourth-order valence-electron chi connectivity index (χ4n) is 2.18. The quantitative estimate of drug-likeness (QED) is 0.697. The summed E-state index contributed by atoms with van der Waals surface area (Å²) in [6.45, 7) is 0. The van der Waals surface area contributed by atoms with Crippen molar-refractivity contribution < 1.29 is 14.6 Å². The van der Waals surface area contributed by atoms with E-state index in [-0.39, 0.29) is 6.42 Å². The number of hydrogen-bond donors (Lipinski definition) is 2. The smallest absolute Gasteiger partial charge is 0.320 e. The van der Waals surface area contributed by atoms with Gasteiger partial charge in [-0.15, -0.1) is 0 Å². The molecule has 2 aromatic heterocycles. The molecule has 0 aliphatic carbocycles. The maximum absolute atomic E-state index is 10.8. The van der Waals surface area contributed by atoms with Gasteiger partial charge in [0.25, 0.3) is 0 Å². The van der Waals surface area contributed by atoms with Gasteiger partial charge < -0.3 is 15.6 Å². The van der Waals surface area contributed by atoms with E-state index < -0.39 is 12.0 Å². The van der Waals surface area contributed by atoms with E-state index in [9.17, 15) is 4.79 Å². The molecule has 0 saturated carbocycles. The van der Waals surface area contributed by atoms with E-state index in [1.54, 1.807) is 36.5 Å². The van der Waals surface area contributed by atoms with Crippen LogP contribution in [0.25, 0.3) is 11.0 Å². The molecule has 6 nitrogen and oxygen atoms in total. The average Bonchev–Trinajstić information content (AvgIpc) is 2.56. The second-order valence-electron chi connectivity index (χ2n) is 5.24. The largest absolute Gasteiger partial charge is 0.480 e. The van der Waals surface area contributed by atoms with Crippen LogP contribution in [0.15, 0.2) is 53.1 Å². The normalized spacial score (nSPS) is 12.1. The highest BCUT2D eigenvalue weighted by atomic mass is 79.9. The molecule has 0 saturated heterocycles. The van der Waals surface area contributed by atoms with Gasteiger partial charge in [0.2, 0.25) is 5.88 Å². The number of ether oxygens (including phenoxy) is 1. The summed E-state index contributed by atoms with van der Waals surface area (Å²) in [5.41, 5.74) is 6.95. The summed E-state index contributed by atoms with van der Waals surface area (Å²) >= 11 is 3.37. The van der Waals surface area contributed by atoms with Crippen LogP contribution in [0.2, 0.25) is 0 Å². The van der Waals surface area contributed by atoms with E-state index in [1.165, 1.54) is 0 Å². The van der Waals surface area contributed by atoms with Crippen molar-refractivity contribution >= 4 is 32.9 Å². The first kappa shape index (κ1) is 16.4. The summed E-state index contributed by atoms with van der Waals surface area (Å²) in [4.78, 5) is 19.4. The minimum atomic E-state index is -1.02. The van der Waals surface area contributed by atoms with Gasteiger partial charge >= 0.3 is 5.97 Å². The fraction of sp³-hybridized carbons (Fsp3) is 0.118. The van der Waals surface area contributed by atoms with Crippen LogP contribution in [0.4, 0.5) is 0 Å². The maximum Gasteiger partial charge on any atom is 0.320 e. The molecule has 0 aliphatic rings. The third-order valence-corrected chi connectivity index (χ3v) is 3.84. The molecule has 122 valence electrons. The summed E-state index contributed by atoms with van der Waals surface area (Å²) in [6, 6.07) is 11.8. The Balaban J connectivity index is 1.74. The Labute approximate surface area is 146 Å². The molecule has 7 heteroatoms. The van der Waals surface area contributed by atoms with E-state index in [2.05, 4.69) is 25.9 Å². The van der Waals surface area contributed by atoms with Crippen molar-refractivity contribution in [2.45, 2.75) is 12.5 Å². The fourth-order valence-corrected chi connectivity index (χ4v) is 2.53. The van der Waals surface area contributed by atoms with Gasteiger partial charge in [0.15, 0.2) is 5.65 Å². The predicted octanol–water partition coefficient (Wildman–Crippen LogP) is 3.14. The molecule has 3 N–H and O–H groups in total. The number of nitrogens with zero attached hydrogens (tertiary/aromatic N) is 2. The number of rotatable bonds is 5. The highest BCUT2D eigenvalue weighted by molar-refractivity contribution is 9.10. The maximum atomic E-state index is 10.8. The standard InChI is InChI=1S/C17H14BrN3O3/c18-12-8-11-3-6-15(21-16(11)20-9-12)24-13-4-1-10(2-5-13)7-14(19)17(22)23/h1-6,8-9,14H,7,19H2,(H,22,23). The molecule has 0 radical (unpaired) electrons. The van der Waals surface area contributed by atoms with Gasteiger partial charge in [-0.3, -0.25) is 4.79 Å². The molecular formula is C17H14BrN3O3. The van der Waals surface area contributed by atoms with Gasteiger partial charge in [-0.25, -0.2) is 4.98 Å². The number of carboxylic acids is 1. The Morgan fingerprint density at radius 1 is 1.25 bits per heavy atom. The third-order valence-electron chi connectivity index (χ3n) is 3.40. The van der Waals surface area contributed by atoms with Crippen molar-refractivity contribution in [3.8, 4) is 11.6 Å². The van der Waals surface area contributed by atoms with Crippen LogP contribution >= 0.6 is 15.9 Å². The molecule has 0 amide bonds. The second-order valence-corrected chi connectivity index (χ2v) is 6.16. The van der Waals surface area contributed by atoms with E-state index in [0.29, 0.717) is 17.3 Å². The summed E-state index contributed by atoms with van der Waals surface area (Å²) in [6.07, 6.45) is 1.95. The zero-order chi connectivity index (χ0) is 17.1. The Morgan fingerprint density at radius 3 is 2.71 bits per heavy atom. The van der Waals surface area contributed by atoms with Crippen LogP contribution in [-0.4, -0.2) is 27.1 Å². The van der Waals surface area contributed by atoms with Gasteiger partial charge in [-0.1, -0.05) is 12.1 Å². The molecule has 0 spiro atoms. The van der Waals surface area contributed by atoms with E-state index >= 15 is 0 Å². The Kier molecular flexibility index (Phi) is 4.73. The lowest BCUT2D eigenvalue weighted by Gasteiger charge is -2.08. The van der Waals surface area contributed by atoms with Crippen molar-refractivity contribution in [2.24, 2.45) is 5.73 Å². The van der Waals surface area contributed by atoms with Gasteiger partial charge in [0.05, 0.1) is 0 Å². The van der Waals surface area contributed by atoms with Gasteiger partial charge in [0.1, 0.15) is 11.8 Å². The first-order valence-corrected chi connectivity index (χ1v) is 7.98. The van der Waals surface area contributed by atoms with Gasteiger partial charge in [0, 0.05) is 22.1 Å². The number of carboxylic acid groups (broad SMARTS) is 1. The molecule has 3 rings (SSSR count). The van der Waals surface area contributed by atoms with Crippen molar-refractivity contribution in [1.29, 1.82) is 0 Å². The number of benzene rings is 1. The van der Waals surface area contributed by atoms with Crippen LogP contribution in [-0.2, 0) is 11.2 Å². The number of carbonyl (C=O) groups is 1. The van der Waals surface area contributed by atoms with Crippen LogP contribution in [0.5, 0.6) is 11.6 Å². The second kappa shape index (κ2) is 6.94. The summed E-state index contributed by atoms with van der Waals surface area (Å²) < 4.78 is 6.60. The lowest BCUT2D eigenvalue weighted by Crippen LogP contribution is -2.32. The summed E-state index contributed by atoms with van der Waals surface area (Å²) in [5, 5.41) is 9.74. The monoisotopic (exact) mass is 387 g/mol. The molecule has 0 bridgehead atoms. The Hall–Kier alpha value is -2.51. The molecular weight excluding hydrogens is 374 g/mol. The number of fused-ring (bicyclic) bond motifs is 1. The minimum absolute atomic E-state index is 0.267. The Morgan fingerprint density at radius 2 is 2.00 bits per heavy atom. The number of aliphatic carboxylic acids is 1. The van der Waals surface area contributed by atoms with Crippen molar-refractivity contribution in [1.82, 2.24) is 9.97 Å². The van der Waals surface area contributed by atoms with Crippen LogP contribution in [0, 0.1) is 0 Å². The predicted molar refractivity (Wildman–Crippen MR) is 93.1 cm³/mol. The lowest BCUT2D eigenvalue weighted by atomic mass is 10.1. The lowest BCUT2D eigenvalue weighted by molar-refractivity contribution is -0.138. The van der Waals surface area contributed by atoms with E-state index in [4.69, 9.17) is 15.6 Å². The zero-order valence-electron chi connectivity index (χ0n) is 12.5. The molecule has 0 aliphatic heterocycles. The van der Waals surface area contributed by atoms with Crippen molar-refractivity contribution in [3.63, 3.8) is 0 Å². The summed E-state index contributed by atoms with van der Waals surface area (Å²) in [5.74, 6) is 0.0220. The first-order valence-electron chi connectivity index (χ1n) is 7.19. The number of hydrogen-bond acceptors (Lipinski definition) is 5. The highest BCUT2D eigenvalue weighted by Gasteiger charge is 2.12. The van der Waals surface area contributed by atoms with E-state index in [1.807, 2.05) is 12.1 Å². The Bertz CT molecular complexity index is 884. The van der Waals surface area contributed by atoms with Crippen LogP contribution in [0.1, 0.15) is 5.56 Å². The average molecular weight is 388 g/mol. The topological polar surface area (TPSA) is 98.3 Å². The molecule has 1 atom stereocenters. The molecule has 1 aromatic carbocycles. The SMILES string of the molecule is NC(Cc1ccc(Oc2ccc3cc(Br)cnc3n2)cc1)C(=O)O. The molecule has 2 heterocycles. The minimum Gasteiger partial charge on any atom is -0.480 e. The number of nitrogens with two attached hydrogens (primary N) is 1. The first-order chi connectivity index (χ1) is 11.5. The molecule has 3 aromatic rings. The number of aromatic nitrogens is 2. The van der Waals surface area contributed by atoms with Crippen molar-refractivity contribution in [2.75, 3.05) is 0 Å². The molecule has 0 fully saturated rings. The summed E-state index contributed by atoms with van der Waals surface area (Å²) in [7, 11) is 0. The van der Waals surface area contributed by atoms with Gasteiger partial charge in [-0.2, -0.15) is 4.98 Å². The molecule has 24 heavy (non-hydrogen) atoms. The number of halogens is 1. The van der Waals surface area contributed by atoms with Gasteiger partial charge in [-0.05, 0) is 52.2 Å². The molecule has 1 unspecified atom stereocenters. The highest BCUT2D eigenvalue weighted by Crippen LogP contribution is 2.23. The zero-order valence-corrected chi connectivity index (χ0v) is 14.1. The number of pyridine rings is 2. The van der Waals surface area contributed by atoms with E-state index in [0.717, 1.165) is 15.4 Å².